The molecule has 2 aromatic rings. The van der Waals surface area contributed by atoms with Gasteiger partial charge >= 0.3 is 0 Å². The molecule has 0 aliphatic carbocycles. The van der Waals surface area contributed by atoms with E-state index in [0.717, 1.165) is 15.6 Å². The number of nitrogens with zero attached hydrogens (tertiary/aromatic N) is 1. The molecule has 2 aromatic carbocycles. The third-order valence-corrected chi connectivity index (χ3v) is 4.29. The zero-order valence-electron chi connectivity index (χ0n) is 12.1. The van der Waals surface area contributed by atoms with E-state index >= 15 is 0 Å². The molecule has 0 N–H and O–H groups in total. The summed E-state index contributed by atoms with van der Waals surface area (Å²) in [5, 5.41) is 9.75. The van der Waals surface area contributed by atoms with E-state index in [1.54, 1.807) is 37.5 Å². The van der Waals surface area contributed by atoms with E-state index in [0.29, 0.717) is 21.5 Å². The molecule has 0 saturated heterocycles. The lowest BCUT2D eigenvalue weighted by Crippen LogP contribution is -1.99. The van der Waals surface area contributed by atoms with Crippen LogP contribution in [0.1, 0.15) is 11.1 Å². The molecule has 0 unspecified atom stereocenters. The van der Waals surface area contributed by atoms with Gasteiger partial charge in [-0.05, 0) is 35.9 Å². The number of benzene rings is 2. The van der Waals surface area contributed by atoms with Crippen LogP contribution in [0, 0.1) is 11.3 Å². The lowest BCUT2D eigenvalue weighted by atomic mass is 10.2. The molecule has 0 aliphatic rings. The van der Waals surface area contributed by atoms with Crippen molar-refractivity contribution in [2.45, 2.75) is 6.61 Å². The number of nitriles is 1. The molecule has 0 atom stereocenters. The predicted octanol–water partition coefficient (Wildman–Crippen LogP) is 5.88. The third-order valence-electron chi connectivity index (χ3n) is 3.02. The molecule has 0 amide bonds. The Kier molecular flexibility index (Phi) is 6.35. The summed E-state index contributed by atoms with van der Waals surface area (Å²) in [6, 6.07) is 10.8. The molecule has 2 rings (SSSR count). The van der Waals surface area contributed by atoms with Gasteiger partial charge in [0.1, 0.15) is 6.61 Å². The highest BCUT2D eigenvalue weighted by molar-refractivity contribution is 9.10. The van der Waals surface area contributed by atoms with Crippen LogP contribution in [0.5, 0.6) is 11.5 Å². The molecule has 0 heterocycles. The molecule has 23 heavy (non-hydrogen) atoms. The normalized spacial score (nSPS) is 10.6. The fraction of sp³-hybridized carbons (Fsp3) is 0.118. The van der Waals surface area contributed by atoms with Crippen LogP contribution in [0.15, 0.2) is 40.9 Å². The molecule has 6 heteroatoms. The molecule has 3 nitrogen and oxygen atoms in total. The number of halogens is 3. The Morgan fingerprint density at radius 2 is 2.00 bits per heavy atom. The lowest BCUT2D eigenvalue weighted by molar-refractivity contribution is 0.284. The van der Waals surface area contributed by atoms with E-state index in [9.17, 15) is 0 Å². The Morgan fingerprint density at radius 3 is 2.65 bits per heavy atom. The number of ether oxygens (including phenoxy) is 2. The van der Waals surface area contributed by atoms with Gasteiger partial charge in [0.15, 0.2) is 11.5 Å². The molecule has 0 fully saturated rings. The first kappa shape index (κ1) is 17.7. The summed E-state index contributed by atoms with van der Waals surface area (Å²) in [5.41, 5.74) is 1.64. The Balaban J connectivity index is 2.24. The van der Waals surface area contributed by atoms with Crippen molar-refractivity contribution in [2.75, 3.05) is 7.11 Å². The average Bonchev–Trinajstić information content (AvgIpc) is 2.53. The Morgan fingerprint density at radius 1 is 1.22 bits per heavy atom. The number of hydrogen-bond acceptors (Lipinski definition) is 3. The van der Waals surface area contributed by atoms with Gasteiger partial charge in [0.05, 0.1) is 13.2 Å². The van der Waals surface area contributed by atoms with E-state index in [2.05, 4.69) is 15.9 Å². The highest BCUT2D eigenvalue weighted by atomic mass is 79.9. The van der Waals surface area contributed by atoms with Gasteiger partial charge in [0, 0.05) is 26.2 Å². The maximum Gasteiger partial charge on any atom is 0.162 e. The maximum atomic E-state index is 8.63. The van der Waals surface area contributed by atoms with Crippen LogP contribution >= 0.6 is 39.1 Å². The molecule has 0 aliphatic heterocycles. The highest BCUT2D eigenvalue weighted by Crippen LogP contribution is 2.35. The first-order valence-electron chi connectivity index (χ1n) is 6.55. The SMILES string of the molecule is COc1cc(C=CC#N)c(Br)cc1OCc1ccc(Cl)cc1Cl. The van der Waals surface area contributed by atoms with Gasteiger partial charge in [-0.1, -0.05) is 45.2 Å². The van der Waals surface area contributed by atoms with Crippen LogP contribution in [0.4, 0.5) is 0 Å². The summed E-state index contributed by atoms with van der Waals surface area (Å²) in [4.78, 5) is 0. The monoisotopic (exact) mass is 411 g/mol. The van der Waals surface area contributed by atoms with Crippen LogP contribution in [0.25, 0.3) is 6.08 Å². The topological polar surface area (TPSA) is 42.2 Å². The van der Waals surface area contributed by atoms with Crippen LogP contribution < -0.4 is 9.47 Å². The Bertz CT molecular complexity index is 785. The first-order valence-corrected chi connectivity index (χ1v) is 8.10. The predicted molar refractivity (Wildman–Crippen MR) is 96.1 cm³/mol. The van der Waals surface area contributed by atoms with E-state index in [1.165, 1.54) is 6.08 Å². The molecular weight excluding hydrogens is 401 g/mol. The minimum Gasteiger partial charge on any atom is -0.493 e. The van der Waals surface area contributed by atoms with Crippen LogP contribution in [-0.4, -0.2) is 7.11 Å². The van der Waals surface area contributed by atoms with Gasteiger partial charge < -0.3 is 9.47 Å². The van der Waals surface area contributed by atoms with Gasteiger partial charge in [-0.3, -0.25) is 0 Å². The second-order valence-corrected chi connectivity index (χ2v) is 6.21. The molecule has 0 aromatic heterocycles. The van der Waals surface area contributed by atoms with E-state index in [-0.39, 0.29) is 6.61 Å². The molecule has 118 valence electrons. The molecule has 0 radical (unpaired) electrons. The van der Waals surface area contributed by atoms with Gasteiger partial charge in [-0.2, -0.15) is 5.26 Å². The summed E-state index contributed by atoms with van der Waals surface area (Å²) < 4.78 is 11.9. The maximum absolute atomic E-state index is 8.63. The van der Waals surface area contributed by atoms with E-state index in [4.69, 9.17) is 37.9 Å². The van der Waals surface area contributed by atoms with Crippen molar-refractivity contribution in [3.8, 4) is 17.6 Å². The van der Waals surface area contributed by atoms with Crippen LogP contribution in [-0.2, 0) is 6.61 Å². The number of hydrogen-bond donors (Lipinski definition) is 0. The third kappa shape index (κ3) is 4.65. The quantitative estimate of drug-likeness (QED) is 0.575. The summed E-state index contributed by atoms with van der Waals surface area (Å²) in [5.74, 6) is 1.13. The zero-order valence-corrected chi connectivity index (χ0v) is 15.2. The zero-order chi connectivity index (χ0) is 16.8. The van der Waals surface area contributed by atoms with Crippen molar-refractivity contribution in [3.05, 3.63) is 62.1 Å². The van der Waals surface area contributed by atoms with Gasteiger partial charge in [-0.15, -0.1) is 0 Å². The second kappa shape index (κ2) is 8.26. The average molecular weight is 413 g/mol. The standard InChI is InChI=1S/C17H12BrCl2NO2/c1-22-16-7-11(3-2-6-21)14(18)9-17(16)23-10-12-4-5-13(19)8-15(12)20/h2-5,7-9H,10H2,1H3. The highest BCUT2D eigenvalue weighted by Gasteiger charge is 2.10. The summed E-state index contributed by atoms with van der Waals surface area (Å²) in [7, 11) is 1.56. The van der Waals surface area contributed by atoms with Gasteiger partial charge in [0.2, 0.25) is 0 Å². The summed E-state index contributed by atoms with van der Waals surface area (Å²) in [6.45, 7) is 0.284. The molecule has 0 spiro atoms. The number of allylic oxidation sites excluding steroid dienone is 1. The van der Waals surface area contributed by atoms with E-state index < -0.39 is 0 Å². The van der Waals surface area contributed by atoms with E-state index in [1.807, 2.05) is 12.1 Å². The first-order chi connectivity index (χ1) is 11.0. The number of methoxy groups -OCH3 is 1. The Labute approximate surface area is 153 Å². The molecular formula is C17H12BrCl2NO2. The lowest BCUT2D eigenvalue weighted by Gasteiger charge is -2.13. The fourth-order valence-corrected chi connectivity index (χ4v) is 2.79. The molecule has 0 bridgehead atoms. The van der Waals surface area contributed by atoms with Crippen LogP contribution in [0.3, 0.4) is 0 Å². The minimum atomic E-state index is 0.284. The summed E-state index contributed by atoms with van der Waals surface area (Å²) >= 11 is 15.5. The van der Waals surface area contributed by atoms with Crippen molar-refractivity contribution < 1.29 is 9.47 Å². The molecule has 0 saturated carbocycles. The number of rotatable bonds is 5. The largest absolute Gasteiger partial charge is 0.493 e. The van der Waals surface area contributed by atoms with Gasteiger partial charge in [0.25, 0.3) is 0 Å². The van der Waals surface area contributed by atoms with Crippen molar-refractivity contribution >= 4 is 45.2 Å². The minimum absolute atomic E-state index is 0.284. The van der Waals surface area contributed by atoms with Gasteiger partial charge in [-0.25, -0.2) is 0 Å². The van der Waals surface area contributed by atoms with Crippen molar-refractivity contribution in [1.82, 2.24) is 0 Å². The van der Waals surface area contributed by atoms with Crippen LogP contribution in [0.2, 0.25) is 10.0 Å². The smallest absolute Gasteiger partial charge is 0.162 e. The summed E-state index contributed by atoms with van der Waals surface area (Å²) in [6.07, 6.45) is 3.08. The fourth-order valence-electron chi connectivity index (χ4n) is 1.87. The second-order valence-electron chi connectivity index (χ2n) is 4.51. The van der Waals surface area contributed by atoms with Crippen molar-refractivity contribution in [3.63, 3.8) is 0 Å². The van der Waals surface area contributed by atoms with Crippen molar-refractivity contribution in [2.24, 2.45) is 0 Å². The van der Waals surface area contributed by atoms with Crippen molar-refractivity contribution in [1.29, 1.82) is 5.26 Å². The Hall–Kier alpha value is -1.67.